The van der Waals surface area contributed by atoms with Gasteiger partial charge in [-0.3, -0.25) is 4.99 Å². The predicted molar refractivity (Wildman–Crippen MR) is 55.0 cm³/mol. The number of nitrogens with zero attached hydrogens (tertiary/aromatic N) is 1. The minimum atomic E-state index is -0.164. The van der Waals surface area contributed by atoms with Gasteiger partial charge in [-0.25, -0.2) is 0 Å². The van der Waals surface area contributed by atoms with E-state index in [2.05, 4.69) is 11.6 Å². The molecule has 1 aromatic rings. The van der Waals surface area contributed by atoms with Crippen molar-refractivity contribution in [2.75, 3.05) is 6.73 Å². The lowest BCUT2D eigenvalue weighted by Crippen LogP contribution is -1.91. The smallest absolute Gasteiger partial charge is 0.134 e. The summed E-state index contributed by atoms with van der Waals surface area (Å²) in [5.74, 6) is 0. The molecule has 13 heavy (non-hydrogen) atoms. The van der Waals surface area contributed by atoms with Crippen LogP contribution in [0.15, 0.2) is 41.9 Å². The van der Waals surface area contributed by atoms with Gasteiger partial charge < -0.3 is 5.11 Å². The van der Waals surface area contributed by atoms with Gasteiger partial charge in [0.15, 0.2) is 0 Å². The summed E-state index contributed by atoms with van der Waals surface area (Å²) in [5.41, 5.74) is 2.21. The van der Waals surface area contributed by atoms with Crippen molar-refractivity contribution >= 4 is 6.21 Å². The average molecular weight is 175 g/mol. The zero-order valence-corrected chi connectivity index (χ0v) is 7.48. The maximum atomic E-state index is 8.53. The lowest BCUT2D eigenvalue weighted by Gasteiger charge is -2.00. The van der Waals surface area contributed by atoms with Crippen molar-refractivity contribution in [3.63, 3.8) is 0 Å². The fraction of sp³-hybridized carbons (Fsp3) is 0.182. The summed E-state index contributed by atoms with van der Waals surface area (Å²) in [4.78, 5) is 3.78. The quantitative estimate of drug-likeness (QED) is 0.549. The zero-order valence-electron chi connectivity index (χ0n) is 7.48. The third kappa shape index (κ3) is 2.84. The Morgan fingerprint density at radius 2 is 2.15 bits per heavy atom. The number of hydrogen-bond acceptors (Lipinski definition) is 2. The molecule has 0 aliphatic rings. The first-order valence-electron chi connectivity index (χ1n) is 4.18. The summed E-state index contributed by atoms with van der Waals surface area (Å²) < 4.78 is 0. The van der Waals surface area contributed by atoms with E-state index in [0.717, 1.165) is 12.0 Å². The van der Waals surface area contributed by atoms with Gasteiger partial charge in [-0.05, 0) is 17.5 Å². The standard InChI is InChI=1S/C11H13NO/c1-2-5-10-6-3-4-7-11(10)8-12-9-13/h2-4,6-8,13H,1,5,9H2/b12-8-. The van der Waals surface area contributed by atoms with Crippen LogP contribution in [0.2, 0.25) is 0 Å². The molecule has 0 aliphatic carbocycles. The molecule has 0 spiro atoms. The van der Waals surface area contributed by atoms with Crippen LogP contribution in [0.1, 0.15) is 11.1 Å². The number of rotatable bonds is 4. The third-order valence-corrected chi connectivity index (χ3v) is 1.73. The monoisotopic (exact) mass is 175 g/mol. The average Bonchev–Trinajstić information content (AvgIpc) is 2.17. The summed E-state index contributed by atoms with van der Waals surface area (Å²) in [7, 11) is 0. The van der Waals surface area contributed by atoms with Crippen molar-refractivity contribution in [3.05, 3.63) is 48.0 Å². The topological polar surface area (TPSA) is 32.6 Å². The molecule has 0 bridgehead atoms. The Hall–Kier alpha value is -1.41. The van der Waals surface area contributed by atoms with E-state index in [9.17, 15) is 0 Å². The van der Waals surface area contributed by atoms with Gasteiger partial charge in [-0.1, -0.05) is 30.3 Å². The molecule has 0 saturated carbocycles. The van der Waals surface area contributed by atoms with E-state index in [1.54, 1.807) is 6.21 Å². The molecule has 1 rings (SSSR count). The van der Waals surface area contributed by atoms with E-state index < -0.39 is 0 Å². The second kappa shape index (κ2) is 5.27. The van der Waals surface area contributed by atoms with Crippen LogP contribution in [0.3, 0.4) is 0 Å². The van der Waals surface area contributed by atoms with Crippen molar-refractivity contribution in [2.24, 2.45) is 4.99 Å². The molecule has 1 aromatic carbocycles. The Morgan fingerprint density at radius 1 is 1.38 bits per heavy atom. The van der Waals surface area contributed by atoms with Crippen LogP contribution in [0.5, 0.6) is 0 Å². The van der Waals surface area contributed by atoms with Crippen LogP contribution in [0.25, 0.3) is 0 Å². The maximum Gasteiger partial charge on any atom is 0.134 e. The highest BCUT2D eigenvalue weighted by atomic mass is 16.3. The SMILES string of the molecule is C=CCc1ccccc1/C=N\CO. The first-order chi connectivity index (χ1) is 6.38. The number of aliphatic hydroxyl groups excluding tert-OH is 1. The van der Waals surface area contributed by atoms with Crippen LogP contribution in [-0.2, 0) is 6.42 Å². The van der Waals surface area contributed by atoms with Gasteiger partial charge in [0.1, 0.15) is 6.73 Å². The lowest BCUT2D eigenvalue weighted by atomic mass is 10.1. The summed E-state index contributed by atoms with van der Waals surface area (Å²) in [6.07, 6.45) is 4.36. The molecule has 68 valence electrons. The van der Waals surface area contributed by atoms with Crippen molar-refractivity contribution in [1.29, 1.82) is 0 Å². The van der Waals surface area contributed by atoms with E-state index in [4.69, 9.17) is 5.11 Å². The molecule has 1 N–H and O–H groups in total. The van der Waals surface area contributed by atoms with Gasteiger partial charge in [0.2, 0.25) is 0 Å². The molecule has 0 heterocycles. The zero-order chi connectivity index (χ0) is 9.52. The van der Waals surface area contributed by atoms with Crippen molar-refractivity contribution in [3.8, 4) is 0 Å². The second-order valence-corrected chi connectivity index (χ2v) is 2.64. The van der Waals surface area contributed by atoms with E-state index in [0.29, 0.717) is 0 Å². The van der Waals surface area contributed by atoms with Gasteiger partial charge >= 0.3 is 0 Å². The van der Waals surface area contributed by atoms with Crippen molar-refractivity contribution in [1.82, 2.24) is 0 Å². The number of aliphatic imine (C=N–C) groups is 1. The Bertz CT molecular complexity index is 305. The number of benzene rings is 1. The minimum Gasteiger partial charge on any atom is -0.375 e. The Kier molecular flexibility index (Phi) is 3.93. The molecule has 2 heteroatoms. The Morgan fingerprint density at radius 3 is 2.85 bits per heavy atom. The van der Waals surface area contributed by atoms with E-state index >= 15 is 0 Å². The first kappa shape index (κ1) is 9.68. The van der Waals surface area contributed by atoms with Crippen LogP contribution in [0, 0.1) is 0 Å². The Balaban J connectivity index is 2.90. The molecule has 0 fully saturated rings. The highest BCUT2D eigenvalue weighted by Gasteiger charge is 1.95. The minimum absolute atomic E-state index is 0.164. The van der Waals surface area contributed by atoms with E-state index in [1.807, 2.05) is 30.3 Å². The second-order valence-electron chi connectivity index (χ2n) is 2.64. The fourth-order valence-electron chi connectivity index (χ4n) is 1.14. The normalized spacial score (nSPS) is 10.5. The van der Waals surface area contributed by atoms with E-state index in [1.165, 1.54) is 5.56 Å². The van der Waals surface area contributed by atoms with E-state index in [-0.39, 0.29) is 6.73 Å². The number of hydrogen-bond donors (Lipinski definition) is 1. The first-order valence-corrected chi connectivity index (χ1v) is 4.18. The van der Waals surface area contributed by atoms with Crippen LogP contribution in [-0.4, -0.2) is 18.1 Å². The van der Waals surface area contributed by atoms with Crippen LogP contribution >= 0.6 is 0 Å². The van der Waals surface area contributed by atoms with Crippen LogP contribution < -0.4 is 0 Å². The molecule has 0 aromatic heterocycles. The molecule has 0 atom stereocenters. The fourth-order valence-corrected chi connectivity index (χ4v) is 1.14. The molecule has 0 radical (unpaired) electrons. The highest BCUT2D eigenvalue weighted by molar-refractivity contribution is 5.81. The van der Waals surface area contributed by atoms with Crippen LogP contribution in [0.4, 0.5) is 0 Å². The lowest BCUT2D eigenvalue weighted by molar-refractivity contribution is 0.310. The highest BCUT2D eigenvalue weighted by Crippen LogP contribution is 2.07. The van der Waals surface area contributed by atoms with Gasteiger partial charge in [0.05, 0.1) is 0 Å². The maximum absolute atomic E-state index is 8.53. The molecule has 0 amide bonds. The number of allylic oxidation sites excluding steroid dienone is 1. The van der Waals surface area contributed by atoms with Gasteiger partial charge in [-0.15, -0.1) is 6.58 Å². The van der Waals surface area contributed by atoms with Crippen molar-refractivity contribution in [2.45, 2.75) is 6.42 Å². The molecule has 0 unspecified atom stereocenters. The molecular weight excluding hydrogens is 162 g/mol. The molecule has 0 saturated heterocycles. The molecular formula is C11H13NO. The summed E-state index contributed by atoms with van der Waals surface area (Å²) in [6, 6.07) is 7.93. The summed E-state index contributed by atoms with van der Waals surface area (Å²) >= 11 is 0. The van der Waals surface area contributed by atoms with Gasteiger partial charge in [-0.2, -0.15) is 0 Å². The summed E-state index contributed by atoms with van der Waals surface area (Å²) in [5, 5.41) is 8.53. The van der Waals surface area contributed by atoms with Gasteiger partial charge in [0.25, 0.3) is 0 Å². The third-order valence-electron chi connectivity index (χ3n) is 1.73. The molecule has 0 aliphatic heterocycles. The van der Waals surface area contributed by atoms with Crippen molar-refractivity contribution < 1.29 is 5.11 Å². The Labute approximate surface area is 78.3 Å². The predicted octanol–water partition coefficient (Wildman–Crippen LogP) is 1.78. The van der Waals surface area contributed by atoms with Gasteiger partial charge in [0, 0.05) is 6.21 Å². The molecule has 2 nitrogen and oxygen atoms in total. The summed E-state index contributed by atoms with van der Waals surface area (Å²) in [6.45, 7) is 3.52. The largest absolute Gasteiger partial charge is 0.375 e. The number of aliphatic hydroxyl groups is 1.